The van der Waals surface area contributed by atoms with E-state index in [9.17, 15) is 14.4 Å². The summed E-state index contributed by atoms with van der Waals surface area (Å²) in [4.78, 5) is 38.2. The average Bonchev–Trinajstić information content (AvgIpc) is 2.97. The number of carbonyl (C=O) groups is 3. The zero-order valence-corrected chi connectivity index (χ0v) is 14.6. The van der Waals surface area contributed by atoms with Crippen molar-refractivity contribution in [3.8, 4) is 0 Å². The van der Waals surface area contributed by atoms with Crippen LogP contribution in [0.1, 0.15) is 45.4 Å². The lowest BCUT2D eigenvalue weighted by Crippen LogP contribution is -2.72. The number of urea groups is 1. The van der Waals surface area contributed by atoms with Gasteiger partial charge in [0.1, 0.15) is 18.8 Å². The van der Waals surface area contributed by atoms with E-state index in [2.05, 4.69) is 11.9 Å². The summed E-state index contributed by atoms with van der Waals surface area (Å²) in [7, 11) is 0. The molecule has 7 nitrogen and oxygen atoms in total. The van der Waals surface area contributed by atoms with E-state index in [-0.39, 0.29) is 43.2 Å². The normalized spacial score (nSPS) is 37.3. The van der Waals surface area contributed by atoms with E-state index in [1.165, 1.54) is 6.08 Å². The van der Waals surface area contributed by atoms with Crippen LogP contribution in [0.15, 0.2) is 12.7 Å². The van der Waals surface area contributed by atoms with Crippen LogP contribution in [0.25, 0.3) is 0 Å². The van der Waals surface area contributed by atoms with E-state index >= 15 is 0 Å². The molecule has 25 heavy (non-hydrogen) atoms. The van der Waals surface area contributed by atoms with E-state index in [4.69, 9.17) is 9.47 Å². The van der Waals surface area contributed by atoms with Gasteiger partial charge in [-0.25, -0.2) is 4.79 Å². The lowest BCUT2D eigenvalue weighted by atomic mass is 9.80. The molecular formula is C18H26N2O5. The smallest absolute Gasteiger partial charge is 0.320 e. The molecule has 3 aliphatic rings. The van der Waals surface area contributed by atoms with Gasteiger partial charge in [-0.1, -0.05) is 12.7 Å². The monoisotopic (exact) mass is 350 g/mol. The first-order valence-electron chi connectivity index (χ1n) is 9.02. The third-order valence-corrected chi connectivity index (χ3v) is 5.52. The zero-order valence-electron chi connectivity index (χ0n) is 14.6. The van der Waals surface area contributed by atoms with Crippen molar-refractivity contribution in [2.24, 2.45) is 5.92 Å². The van der Waals surface area contributed by atoms with E-state index < -0.39 is 11.6 Å². The summed E-state index contributed by atoms with van der Waals surface area (Å²) in [6, 6.07) is -0.729. The maximum Gasteiger partial charge on any atom is 0.320 e. The van der Waals surface area contributed by atoms with Gasteiger partial charge in [-0.05, 0) is 39.0 Å². The molecule has 1 N–H and O–H groups in total. The minimum absolute atomic E-state index is 0.0394. The predicted octanol–water partition coefficient (Wildman–Crippen LogP) is 1.76. The van der Waals surface area contributed by atoms with Crippen molar-refractivity contribution in [1.82, 2.24) is 10.2 Å². The topological polar surface area (TPSA) is 84.9 Å². The largest absolute Gasteiger partial charge is 0.461 e. The number of esters is 1. The third kappa shape index (κ3) is 3.17. The number of hydrogen-bond acceptors (Lipinski definition) is 5. The maximum absolute atomic E-state index is 12.9. The molecular weight excluding hydrogens is 324 g/mol. The molecule has 138 valence electrons. The van der Waals surface area contributed by atoms with Gasteiger partial charge in [0.2, 0.25) is 0 Å². The third-order valence-electron chi connectivity index (χ3n) is 5.52. The highest BCUT2D eigenvalue weighted by atomic mass is 16.6. The molecule has 0 aromatic rings. The van der Waals surface area contributed by atoms with Crippen LogP contribution in [-0.2, 0) is 19.1 Å². The summed E-state index contributed by atoms with van der Waals surface area (Å²) in [5.41, 5.74) is -1.02. The lowest BCUT2D eigenvalue weighted by Gasteiger charge is -2.52. The Morgan fingerprint density at radius 3 is 2.96 bits per heavy atom. The lowest BCUT2D eigenvalue weighted by molar-refractivity contribution is -0.203. The van der Waals surface area contributed by atoms with Crippen molar-refractivity contribution in [2.75, 3.05) is 6.61 Å². The minimum atomic E-state index is -1.02. The van der Waals surface area contributed by atoms with Gasteiger partial charge in [0.05, 0.1) is 12.1 Å². The fraction of sp³-hybridized carbons (Fsp3) is 0.722. The SMILES string of the molecule is C=CCOC(=O)[C@@H]1[C@H]2CC[C@@H](CC=O)N2C(=O)N[C@@]12CCC[C@@H](C)O2. The number of carbonyl (C=O) groups excluding carboxylic acids is 3. The second kappa shape index (κ2) is 7.15. The van der Waals surface area contributed by atoms with E-state index in [1.807, 2.05) is 6.92 Å². The molecule has 7 heteroatoms. The van der Waals surface area contributed by atoms with Crippen LogP contribution in [0.5, 0.6) is 0 Å². The second-order valence-electron chi connectivity index (χ2n) is 7.14. The van der Waals surface area contributed by atoms with Crippen LogP contribution < -0.4 is 5.32 Å². The number of nitrogens with one attached hydrogen (secondary N) is 1. The molecule has 3 saturated heterocycles. The van der Waals surface area contributed by atoms with Crippen molar-refractivity contribution in [1.29, 1.82) is 0 Å². The van der Waals surface area contributed by atoms with Crippen LogP contribution in [0.3, 0.4) is 0 Å². The highest BCUT2D eigenvalue weighted by Crippen LogP contribution is 2.44. The van der Waals surface area contributed by atoms with Crippen molar-refractivity contribution in [3.63, 3.8) is 0 Å². The molecule has 0 aliphatic carbocycles. The summed E-state index contributed by atoms with van der Waals surface area (Å²) in [6.07, 6.45) is 6.32. The molecule has 3 aliphatic heterocycles. The zero-order chi connectivity index (χ0) is 18.0. The van der Waals surface area contributed by atoms with Crippen molar-refractivity contribution < 1.29 is 23.9 Å². The highest BCUT2D eigenvalue weighted by Gasteiger charge is 2.60. The Morgan fingerprint density at radius 1 is 1.48 bits per heavy atom. The molecule has 1 spiro atoms. The summed E-state index contributed by atoms with van der Waals surface area (Å²) in [5, 5.41) is 2.95. The summed E-state index contributed by atoms with van der Waals surface area (Å²) in [6.45, 7) is 5.66. The van der Waals surface area contributed by atoms with Crippen LogP contribution >= 0.6 is 0 Å². The Kier molecular flexibility index (Phi) is 5.13. The van der Waals surface area contributed by atoms with Crippen LogP contribution in [0.2, 0.25) is 0 Å². The molecule has 0 saturated carbocycles. The first kappa shape index (κ1) is 17.9. The van der Waals surface area contributed by atoms with Gasteiger partial charge in [-0.2, -0.15) is 0 Å². The first-order valence-corrected chi connectivity index (χ1v) is 9.02. The number of ether oxygens (including phenoxy) is 2. The van der Waals surface area contributed by atoms with Gasteiger partial charge >= 0.3 is 12.0 Å². The van der Waals surface area contributed by atoms with Crippen LogP contribution in [-0.4, -0.2) is 53.7 Å². The summed E-state index contributed by atoms with van der Waals surface area (Å²) < 4.78 is 11.5. The predicted molar refractivity (Wildman–Crippen MR) is 89.6 cm³/mol. The molecule has 3 heterocycles. The van der Waals surface area contributed by atoms with E-state index in [0.29, 0.717) is 19.3 Å². The number of hydrogen-bond donors (Lipinski definition) is 1. The van der Waals surface area contributed by atoms with Gasteiger partial charge in [-0.3, -0.25) is 4.79 Å². The van der Waals surface area contributed by atoms with Crippen molar-refractivity contribution >= 4 is 18.3 Å². The Morgan fingerprint density at radius 2 is 2.28 bits per heavy atom. The number of rotatable bonds is 5. The minimum Gasteiger partial charge on any atom is -0.461 e. The molecule has 0 aromatic heterocycles. The Labute approximate surface area is 147 Å². The number of amides is 2. The Bertz CT molecular complexity index is 566. The molecule has 0 radical (unpaired) electrons. The maximum atomic E-state index is 12.9. The second-order valence-corrected chi connectivity index (χ2v) is 7.14. The van der Waals surface area contributed by atoms with Crippen LogP contribution in [0, 0.1) is 5.92 Å². The summed E-state index contributed by atoms with van der Waals surface area (Å²) in [5.74, 6) is -0.986. The first-order chi connectivity index (χ1) is 12.0. The standard InChI is InChI=1S/C18H26N2O5/c1-3-11-24-16(22)15-14-7-6-13(8-10-21)20(14)17(23)19-18(15)9-4-5-12(2)25-18/h3,10,12-15H,1,4-9,11H2,2H3,(H,19,23)/t12-,13+,14-,15+,18-/m1/s1. The summed E-state index contributed by atoms with van der Waals surface area (Å²) >= 11 is 0. The molecule has 2 amide bonds. The molecule has 5 atom stereocenters. The molecule has 3 rings (SSSR count). The van der Waals surface area contributed by atoms with Gasteiger partial charge < -0.3 is 24.5 Å². The molecule has 3 fully saturated rings. The van der Waals surface area contributed by atoms with Gasteiger partial charge in [0.25, 0.3) is 0 Å². The number of fused-ring (bicyclic) bond motifs is 1. The molecule has 0 bridgehead atoms. The van der Waals surface area contributed by atoms with Gasteiger partial charge in [0, 0.05) is 12.5 Å². The van der Waals surface area contributed by atoms with E-state index in [1.54, 1.807) is 4.90 Å². The van der Waals surface area contributed by atoms with Gasteiger partial charge in [0.15, 0.2) is 5.72 Å². The van der Waals surface area contributed by atoms with Crippen LogP contribution in [0.4, 0.5) is 4.79 Å². The average molecular weight is 350 g/mol. The van der Waals surface area contributed by atoms with E-state index in [0.717, 1.165) is 19.1 Å². The number of nitrogens with zero attached hydrogens (tertiary/aromatic N) is 1. The molecule has 0 unspecified atom stereocenters. The fourth-order valence-corrected chi connectivity index (χ4v) is 4.56. The fourth-order valence-electron chi connectivity index (χ4n) is 4.56. The van der Waals surface area contributed by atoms with Crippen molar-refractivity contribution in [3.05, 3.63) is 12.7 Å². The Hall–Kier alpha value is -1.89. The highest BCUT2D eigenvalue weighted by molar-refractivity contribution is 5.83. The van der Waals surface area contributed by atoms with Crippen molar-refractivity contribution in [2.45, 2.75) is 69.4 Å². The molecule has 0 aromatic carbocycles. The number of aldehydes is 1. The Balaban J connectivity index is 1.93. The van der Waals surface area contributed by atoms with Gasteiger partial charge in [-0.15, -0.1) is 0 Å². The quantitative estimate of drug-likeness (QED) is 0.464.